The predicted molar refractivity (Wildman–Crippen MR) is 79.5 cm³/mol. The van der Waals surface area contributed by atoms with Crippen LogP contribution in [0.1, 0.15) is 26.0 Å². The van der Waals surface area contributed by atoms with Crippen LogP contribution in [-0.2, 0) is 6.42 Å². The molecule has 0 spiro atoms. The van der Waals surface area contributed by atoms with E-state index < -0.39 is 4.92 Å². The molecule has 2 N–H and O–H groups in total. The van der Waals surface area contributed by atoms with Crippen molar-refractivity contribution in [3.8, 4) is 0 Å². The first-order chi connectivity index (χ1) is 9.45. The average Bonchev–Trinajstić information content (AvgIpc) is 2.36. The van der Waals surface area contributed by atoms with E-state index in [1.165, 1.54) is 6.07 Å². The second-order valence-electron chi connectivity index (χ2n) is 5.53. The highest BCUT2D eigenvalue weighted by molar-refractivity contribution is 5.81. The molecule has 1 atom stereocenters. The fraction of sp³-hybridized carbons (Fsp3) is 0.400. The lowest BCUT2D eigenvalue weighted by atomic mass is 10.00. The molecule has 0 bridgehead atoms. The van der Waals surface area contributed by atoms with Crippen LogP contribution in [0.5, 0.6) is 0 Å². The van der Waals surface area contributed by atoms with Gasteiger partial charge in [0.2, 0.25) is 0 Å². The Kier molecular flexibility index (Phi) is 4.29. The predicted octanol–water partition coefficient (Wildman–Crippen LogP) is 3.06. The molecule has 2 rings (SSSR count). The van der Waals surface area contributed by atoms with E-state index in [-0.39, 0.29) is 11.7 Å². The Bertz CT molecular complexity index is 626. The van der Waals surface area contributed by atoms with Gasteiger partial charge in [0, 0.05) is 35.7 Å². The molecule has 1 aromatic carbocycles. The first-order valence-corrected chi connectivity index (χ1v) is 6.75. The largest absolute Gasteiger partial charge is 0.327 e. The minimum atomic E-state index is -0.397. The quantitative estimate of drug-likeness (QED) is 0.670. The SMILES string of the molecule is CC(C)CC(N)Cc1ccc2cc([N+](=O)[O-])ccc2n1. The number of aromatic nitrogens is 1. The molecule has 2 aromatic rings. The van der Waals surface area contributed by atoms with Crippen LogP contribution in [-0.4, -0.2) is 15.9 Å². The summed E-state index contributed by atoms with van der Waals surface area (Å²) in [7, 11) is 0. The molecule has 106 valence electrons. The molecule has 0 aliphatic carbocycles. The fourth-order valence-corrected chi connectivity index (χ4v) is 2.34. The summed E-state index contributed by atoms with van der Waals surface area (Å²) < 4.78 is 0. The molecule has 1 aromatic heterocycles. The Labute approximate surface area is 118 Å². The second-order valence-corrected chi connectivity index (χ2v) is 5.53. The van der Waals surface area contributed by atoms with Crippen molar-refractivity contribution in [3.05, 3.63) is 46.1 Å². The van der Waals surface area contributed by atoms with Crippen LogP contribution in [0, 0.1) is 16.0 Å². The minimum Gasteiger partial charge on any atom is -0.327 e. The molecule has 0 saturated carbocycles. The summed E-state index contributed by atoms with van der Waals surface area (Å²) in [5, 5.41) is 11.5. The van der Waals surface area contributed by atoms with E-state index in [4.69, 9.17) is 5.73 Å². The van der Waals surface area contributed by atoms with Gasteiger partial charge in [-0.3, -0.25) is 15.1 Å². The number of hydrogen-bond acceptors (Lipinski definition) is 4. The monoisotopic (exact) mass is 273 g/mol. The number of nitrogens with two attached hydrogens (primary N) is 1. The van der Waals surface area contributed by atoms with Gasteiger partial charge < -0.3 is 5.73 Å². The van der Waals surface area contributed by atoms with Gasteiger partial charge in [0.25, 0.3) is 5.69 Å². The van der Waals surface area contributed by atoms with Crippen molar-refractivity contribution in [3.63, 3.8) is 0 Å². The summed E-state index contributed by atoms with van der Waals surface area (Å²) in [6.07, 6.45) is 1.69. The van der Waals surface area contributed by atoms with Crippen molar-refractivity contribution in [2.75, 3.05) is 0 Å². The van der Waals surface area contributed by atoms with E-state index >= 15 is 0 Å². The zero-order valence-electron chi connectivity index (χ0n) is 11.7. The average molecular weight is 273 g/mol. The number of hydrogen-bond donors (Lipinski definition) is 1. The fourth-order valence-electron chi connectivity index (χ4n) is 2.34. The van der Waals surface area contributed by atoms with Crippen LogP contribution in [0.2, 0.25) is 0 Å². The number of nitrogens with zero attached hydrogens (tertiary/aromatic N) is 2. The number of rotatable bonds is 5. The standard InChI is InChI=1S/C15H19N3O2/c1-10(2)7-12(16)9-13-4-3-11-8-14(18(19)20)5-6-15(11)17-13/h3-6,8,10,12H,7,9,16H2,1-2H3. The van der Waals surface area contributed by atoms with Crippen molar-refractivity contribution >= 4 is 16.6 Å². The Balaban J connectivity index is 2.21. The maximum Gasteiger partial charge on any atom is 0.270 e. The highest BCUT2D eigenvalue weighted by Gasteiger charge is 2.10. The molecule has 20 heavy (non-hydrogen) atoms. The highest BCUT2D eigenvalue weighted by atomic mass is 16.6. The van der Waals surface area contributed by atoms with Gasteiger partial charge >= 0.3 is 0 Å². The van der Waals surface area contributed by atoms with Crippen LogP contribution < -0.4 is 5.73 Å². The lowest BCUT2D eigenvalue weighted by Gasteiger charge is -2.13. The van der Waals surface area contributed by atoms with Crippen LogP contribution in [0.25, 0.3) is 10.9 Å². The molecular formula is C15H19N3O2. The Hall–Kier alpha value is -2.01. The van der Waals surface area contributed by atoms with Gasteiger partial charge in [0.1, 0.15) is 0 Å². The van der Waals surface area contributed by atoms with E-state index in [2.05, 4.69) is 18.8 Å². The molecular weight excluding hydrogens is 254 g/mol. The lowest BCUT2D eigenvalue weighted by Crippen LogP contribution is -2.25. The number of nitro benzene ring substituents is 1. The zero-order valence-corrected chi connectivity index (χ0v) is 11.7. The Morgan fingerprint density at radius 1 is 1.30 bits per heavy atom. The van der Waals surface area contributed by atoms with Crippen molar-refractivity contribution in [1.82, 2.24) is 4.98 Å². The van der Waals surface area contributed by atoms with E-state index in [0.717, 1.165) is 29.4 Å². The van der Waals surface area contributed by atoms with E-state index in [0.29, 0.717) is 5.92 Å². The maximum atomic E-state index is 10.7. The smallest absolute Gasteiger partial charge is 0.270 e. The number of pyridine rings is 1. The van der Waals surface area contributed by atoms with Gasteiger partial charge in [0.05, 0.1) is 10.4 Å². The lowest BCUT2D eigenvalue weighted by molar-refractivity contribution is -0.384. The van der Waals surface area contributed by atoms with Gasteiger partial charge in [-0.1, -0.05) is 19.9 Å². The molecule has 1 unspecified atom stereocenters. The summed E-state index contributed by atoms with van der Waals surface area (Å²) in [4.78, 5) is 14.9. The number of benzene rings is 1. The molecule has 0 saturated heterocycles. The van der Waals surface area contributed by atoms with Gasteiger partial charge in [-0.25, -0.2) is 0 Å². The highest BCUT2D eigenvalue weighted by Crippen LogP contribution is 2.20. The van der Waals surface area contributed by atoms with Crippen molar-refractivity contribution in [2.45, 2.75) is 32.7 Å². The van der Waals surface area contributed by atoms with E-state index in [1.807, 2.05) is 12.1 Å². The first-order valence-electron chi connectivity index (χ1n) is 6.75. The summed E-state index contributed by atoms with van der Waals surface area (Å²) in [6, 6.07) is 8.56. The number of fused-ring (bicyclic) bond motifs is 1. The van der Waals surface area contributed by atoms with Gasteiger partial charge in [0.15, 0.2) is 0 Å². The zero-order chi connectivity index (χ0) is 14.7. The topological polar surface area (TPSA) is 82.0 Å². The van der Waals surface area contributed by atoms with Crippen molar-refractivity contribution < 1.29 is 4.92 Å². The third kappa shape index (κ3) is 3.51. The Morgan fingerprint density at radius 2 is 2.05 bits per heavy atom. The third-order valence-electron chi connectivity index (χ3n) is 3.19. The van der Waals surface area contributed by atoms with Crippen molar-refractivity contribution in [2.24, 2.45) is 11.7 Å². The molecule has 0 radical (unpaired) electrons. The van der Waals surface area contributed by atoms with E-state index in [9.17, 15) is 10.1 Å². The molecule has 0 amide bonds. The normalized spacial score (nSPS) is 12.8. The minimum absolute atomic E-state index is 0.0866. The van der Waals surface area contributed by atoms with Crippen LogP contribution >= 0.6 is 0 Å². The molecule has 0 aliphatic rings. The summed E-state index contributed by atoms with van der Waals surface area (Å²) in [5.41, 5.74) is 7.87. The molecule has 5 nitrogen and oxygen atoms in total. The van der Waals surface area contributed by atoms with Gasteiger partial charge in [-0.2, -0.15) is 0 Å². The van der Waals surface area contributed by atoms with Crippen molar-refractivity contribution in [1.29, 1.82) is 0 Å². The molecule has 1 heterocycles. The molecule has 0 fully saturated rings. The van der Waals surface area contributed by atoms with E-state index in [1.54, 1.807) is 12.1 Å². The Morgan fingerprint density at radius 3 is 2.70 bits per heavy atom. The first kappa shape index (κ1) is 14.4. The summed E-state index contributed by atoms with van der Waals surface area (Å²) in [5.74, 6) is 0.563. The maximum absolute atomic E-state index is 10.7. The summed E-state index contributed by atoms with van der Waals surface area (Å²) in [6.45, 7) is 4.29. The summed E-state index contributed by atoms with van der Waals surface area (Å²) >= 11 is 0. The third-order valence-corrected chi connectivity index (χ3v) is 3.19. The molecule has 0 aliphatic heterocycles. The number of non-ortho nitro benzene ring substituents is 1. The number of nitro groups is 1. The van der Waals surface area contributed by atoms with Crippen LogP contribution in [0.15, 0.2) is 30.3 Å². The molecule has 5 heteroatoms. The van der Waals surface area contributed by atoms with Gasteiger partial charge in [-0.15, -0.1) is 0 Å². The van der Waals surface area contributed by atoms with Crippen LogP contribution in [0.4, 0.5) is 5.69 Å². The second kappa shape index (κ2) is 5.96. The van der Waals surface area contributed by atoms with Gasteiger partial charge in [-0.05, 0) is 24.5 Å². The van der Waals surface area contributed by atoms with Crippen LogP contribution in [0.3, 0.4) is 0 Å².